The monoisotopic (exact) mass is 255 g/mol. The Labute approximate surface area is 103 Å². The van der Waals surface area contributed by atoms with Gasteiger partial charge in [-0.15, -0.1) is 11.3 Å². The van der Waals surface area contributed by atoms with Crippen molar-refractivity contribution in [3.05, 3.63) is 16.3 Å². The van der Waals surface area contributed by atoms with Crippen molar-refractivity contribution < 1.29 is 4.79 Å². The van der Waals surface area contributed by atoms with Crippen molar-refractivity contribution >= 4 is 30.5 Å². The molecule has 90 valence electrons. The predicted octanol–water partition coefficient (Wildman–Crippen LogP) is 2.78. The minimum absolute atomic E-state index is 0.206. The van der Waals surface area contributed by atoms with E-state index < -0.39 is 8.07 Å². The molecule has 0 bridgehead atoms. The van der Waals surface area contributed by atoms with Crippen LogP contribution in [0.5, 0.6) is 0 Å². The number of amides is 1. The average molecular weight is 255 g/mol. The van der Waals surface area contributed by atoms with E-state index in [-0.39, 0.29) is 5.91 Å². The zero-order chi connectivity index (χ0) is 12.3. The number of hydrogen-bond donors (Lipinski definition) is 0. The third-order valence-electron chi connectivity index (χ3n) is 2.72. The first-order valence-electron chi connectivity index (χ1n) is 5.79. The number of thiophene rings is 1. The number of rotatable bonds is 4. The molecule has 0 spiro atoms. The highest BCUT2D eigenvalue weighted by molar-refractivity contribution is 7.14. The van der Waals surface area contributed by atoms with Crippen LogP contribution in [0, 0.1) is 0 Å². The van der Waals surface area contributed by atoms with E-state index in [0.29, 0.717) is 0 Å². The van der Waals surface area contributed by atoms with E-state index in [9.17, 15) is 4.79 Å². The van der Waals surface area contributed by atoms with Crippen molar-refractivity contribution in [3.63, 3.8) is 0 Å². The molecule has 0 aliphatic heterocycles. The van der Waals surface area contributed by atoms with Crippen LogP contribution in [0.4, 0.5) is 0 Å². The topological polar surface area (TPSA) is 20.3 Å². The summed E-state index contributed by atoms with van der Waals surface area (Å²) in [6.45, 7) is 12.5. The Morgan fingerprint density at radius 3 is 2.31 bits per heavy atom. The Kier molecular flexibility index (Phi) is 4.33. The fourth-order valence-electron chi connectivity index (χ4n) is 1.72. The molecule has 0 N–H and O–H groups in total. The predicted molar refractivity (Wildman–Crippen MR) is 74.6 cm³/mol. The first-order valence-corrected chi connectivity index (χ1v) is 10.2. The molecule has 0 aliphatic rings. The minimum Gasteiger partial charge on any atom is -0.339 e. The first kappa shape index (κ1) is 13.5. The van der Waals surface area contributed by atoms with E-state index in [1.807, 2.05) is 24.1 Å². The molecule has 0 saturated carbocycles. The summed E-state index contributed by atoms with van der Waals surface area (Å²) in [5, 5.41) is 3.35. The zero-order valence-electron chi connectivity index (χ0n) is 10.8. The van der Waals surface area contributed by atoms with Crippen LogP contribution < -0.4 is 5.19 Å². The van der Waals surface area contributed by atoms with Gasteiger partial charge in [0, 0.05) is 13.1 Å². The van der Waals surface area contributed by atoms with Gasteiger partial charge < -0.3 is 4.90 Å². The molecule has 1 heterocycles. The van der Waals surface area contributed by atoms with Gasteiger partial charge in [-0.25, -0.2) is 0 Å². The molecule has 1 aromatic rings. The number of nitrogens with zero attached hydrogens (tertiary/aromatic N) is 1. The van der Waals surface area contributed by atoms with Gasteiger partial charge in [0.05, 0.1) is 13.0 Å². The van der Waals surface area contributed by atoms with Crippen molar-refractivity contribution in [2.45, 2.75) is 33.5 Å². The van der Waals surface area contributed by atoms with E-state index in [4.69, 9.17) is 0 Å². The maximum Gasteiger partial charge on any atom is 0.263 e. The second-order valence-corrected chi connectivity index (χ2v) is 10.8. The van der Waals surface area contributed by atoms with Crippen LogP contribution in [0.15, 0.2) is 11.4 Å². The summed E-state index contributed by atoms with van der Waals surface area (Å²) in [4.78, 5) is 15.2. The van der Waals surface area contributed by atoms with Crippen LogP contribution in [0.1, 0.15) is 23.5 Å². The van der Waals surface area contributed by atoms with Gasteiger partial charge in [0.25, 0.3) is 5.91 Å². The first-order chi connectivity index (χ1) is 7.41. The van der Waals surface area contributed by atoms with Crippen molar-refractivity contribution in [3.8, 4) is 0 Å². The Bertz CT molecular complexity index is 363. The molecule has 0 atom stereocenters. The van der Waals surface area contributed by atoms with Gasteiger partial charge in [-0.3, -0.25) is 4.79 Å². The van der Waals surface area contributed by atoms with Crippen molar-refractivity contribution in [1.82, 2.24) is 4.90 Å². The maximum absolute atomic E-state index is 12.3. The van der Waals surface area contributed by atoms with Gasteiger partial charge in [-0.2, -0.15) is 0 Å². The molecular weight excluding hydrogens is 234 g/mol. The van der Waals surface area contributed by atoms with Gasteiger partial charge in [-0.05, 0) is 24.4 Å². The Hall–Kier alpha value is -0.613. The molecule has 0 saturated heterocycles. The zero-order valence-corrected chi connectivity index (χ0v) is 12.6. The van der Waals surface area contributed by atoms with E-state index in [2.05, 4.69) is 25.7 Å². The number of hydrogen-bond acceptors (Lipinski definition) is 2. The number of carbonyl (C=O) groups excluding carboxylic acids is 1. The lowest BCUT2D eigenvalue weighted by Crippen LogP contribution is -2.42. The summed E-state index contributed by atoms with van der Waals surface area (Å²) in [6.07, 6.45) is 0. The fraction of sp³-hybridized carbons (Fsp3) is 0.583. The summed E-state index contributed by atoms with van der Waals surface area (Å²) in [7, 11) is -1.40. The van der Waals surface area contributed by atoms with Gasteiger partial charge in [-0.1, -0.05) is 25.7 Å². The summed E-state index contributed by atoms with van der Waals surface area (Å²) in [5.41, 5.74) is 0. The third kappa shape index (κ3) is 2.74. The Morgan fingerprint density at radius 2 is 1.88 bits per heavy atom. The highest BCUT2D eigenvalue weighted by Crippen LogP contribution is 2.15. The SMILES string of the molecule is CCN(CC)C(=O)c1sccc1[Si](C)(C)C. The second-order valence-electron chi connectivity index (χ2n) is 4.89. The molecule has 0 aromatic carbocycles. The van der Waals surface area contributed by atoms with Crippen LogP contribution in [-0.4, -0.2) is 32.0 Å². The van der Waals surface area contributed by atoms with Crippen LogP contribution in [0.25, 0.3) is 0 Å². The number of carbonyl (C=O) groups is 1. The molecule has 1 aromatic heterocycles. The molecule has 0 aliphatic carbocycles. The molecule has 4 heteroatoms. The van der Waals surface area contributed by atoms with Gasteiger partial charge in [0.2, 0.25) is 0 Å². The van der Waals surface area contributed by atoms with Crippen molar-refractivity contribution in [2.75, 3.05) is 13.1 Å². The molecule has 0 fully saturated rings. The van der Waals surface area contributed by atoms with Crippen molar-refractivity contribution in [2.24, 2.45) is 0 Å². The van der Waals surface area contributed by atoms with Crippen LogP contribution >= 0.6 is 11.3 Å². The van der Waals surface area contributed by atoms with E-state index >= 15 is 0 Å². The third-order valence-corrected chi connectivity index (χ3v) is 5.83. The van der Waals surface area contributed by atoms with Crippen LogP contribution in [-0.2, 0) is 0 Å². The molecule has 2 nitrogen and oxygen atoms in total. The summed E-state index contributed by atoms with van der Waals surface area (Å²) in [5.74, 6) is 0.206. The highest BCUT2D eigenvalue weighted by Gasteiger charge is 2.26. The molecule has 0 radical (unpaired) electrons. The van der Waals surface area contributed by atoms with E-state index in [0.717, 1.165) is 18.0 Å². The molecular formula is C12H21NOSSi. The highest BCUT2D eigenvalue weighted by atomic mass is 32.1. The van der Waals surface area contributed by atoms with Crippen LogP contribution in [0.2, 0.25) is 19.6 Å². The quantitative estimate of drug-likeness (QED) is 0.758. The fourth-order valence-corrected chi connectivity index (χ4v) is 5.07. The Morgan fingerprint density at radius 1 is 1.31 bits per heavy atom. The second kappa shape index (κ2) is 5.14. The summed E-state index contributed by atoms with van der Waals surface area (Å²) in [6, 6.07) is 2.13. The van der Waals surface area contributed by atoms with Gasteiger partial charge in [0.15, 0.2) is 0 Å². The average Bonchev–Trinajstić information content (AvgIpc) is 2.67. The van der Waals surface area contributed by atoms with Crippen LogP contribution in [0.3, 0.4) is 0 Å². The molecule has 0 unspecified atom stereocenters. The van der Waals surface area contributed by atoms with Gasteiger partial charge >= 0.3 is 0 Å². The lowest BCUT2D eigenvalue weighted by atomic mass is 10.4. The largest absolute Gasteiger partial charge is 0.339 e. The summed E-state index contributed by atoms with van der Waals surface area (Å²) >= 11 is 1.59. The smallest absolute Gasteiger partial charge is 0.263 e. The standard InChI is InChI=1S/C12H21NOSSi/c1-6-13(7-2)12(14)11-10(8-9-15-11)16(3,4)5/h8-9H,6-7H2,1-5H3. The van der Waals surface area contributed by atoms with E-state index in [1.165, 1.54) is 5.19 Å². The lowest BCUT2D eigenvalue weighted by molar-refractivity contribution is 0.0779. The Balaban J connectivity index is 3.05. The lowest BCUT2D eigenvalue weighted by Gasteiger charge is -2.22. The van der Waals surface area contributed by atoms with Crippen molar-refractivity contribution in [1.29, 1.82) is 0 Å². The maximum atomic E-state index is 12.3. The molecule has 16 heavy (non-hydrogen) atoms. The summed E-state index contributed by atoms with van der Waals surface area (Å²) < 4.78 is 0. The van der Waals surface area contributed by atoms with E-state index in [1.54, 1.807) is 11.3 Å². The molecule has 1 amide bonds. The normalized spacial score (nSPS) is 11.6. The van der Waals surface area contributed by atoms with Gasteiger partial charge in [0.1, 0.15) is 0 Å². The molecule has 1 rings (SSSR count). The minimum atomic E-state index is -1.40.